The molecule has 0 N–H and O–H groups in total. The maximum absolute atomic E-state index is 12.9. The first-order chi connectivity index (χ1) is 12.7. The van der Waals surface area contributed by atoms with Gasteiger partial charge in [0.1, 0.15) is 17.4 Å². The summed E-state index contributed by atoms with van der Waals surface area (Å²) in [5.74, 6) is 0.182. The molecule has 1 fully saturated rings. The van der Waals surface area contributed by atoms with Gasteiger partial charge in [0.05, 0.1) is 0 Å². The fourth-order valence-electron chi connectivity index (χ4n) is 3.61. The molecule has 26 heavy (non-hydrogen) atoms. The zero-order valence-corrected chi connectivity index (χ0v) is 14.5. The molecule has 5 nitrogen and oxygen atoms in total. The Morgan fingerprint density at radius 1 is 0.923 bits per heavy atom. The summed E-state index contributed by atoms with van der Waals surface area (Å²) in [6.45, 7) is 1.29. The van der Waals surface area contributed by atoms with Crippen molar-refractivity contribution in [2.24, 2.45) is 0 Å². The second-order valence-corrected chi connectivity index (χ2v) is 6.66. The molecule has 0 radical (unpaired) electrons. The van der Waals surface area contributed by atoms with Crippen molar-refractivity contribution in [3.63, 3.8) is 0 Å². The van der Waals surface area contributed by atoms with Crippen LogP contribution in [0.2, 0.25) is 0 Å². The number of carbonyl (C=O) groups is 2. The highest BCUT2D eigenvalue weighted by atomic mass is 16.5. The molecular weight excluding hydrogens is 330 g/mol. The largest absolute Gasteiger partial charge is 0.457 e. The van der Waals surface area contributed by atoms with E-state index in [2.05, 4.69) is 0 Å². The third-order valence-electron chi connectivity index (χ3n) is 4.96. The summed E-state index contributed by atoms with van der Waals surface area (Å²) in [4.78, 5) is 26.9. The maximum atomic E-state index is 12.9. The molecule has 1 amide bonds. The van der Waals surface area contributed by atoms with Crippen LogP contribution < -0.4 is 4.74 Å². The molecule has 0 saturated carbocycles. The van der Waals surface area contributed by atoms with Crippen LogP contribution in [-0.4, -0.2) is 36.5 Å². The molecule has 0 atom stereocenters. The molecule has 5 heteroatoms. The molecule has 0 aliphatic carbocycles. The molecule has 0 aromatic heterocycles. The predicted octanol–water partition coefficient (Wildman–Crippen LogP) is 3.48. The van der Waals surface area contributed by atoms with E-state index in [9.17, 15) is 9.59 Å². The van der Waals surface area contributed by atoms with E-state index in [1.165, 1.54) is 0 Å². The SMILES string of the molecule is O=C(OCC(=O)N1CCCCC1)C1c2ccccc2Oc2ccccc21. The Morgan fingerprint density at radius 3 is 2.12 bits per heavy atom. The van der Waals surface area contributed by atoms with Gasteiger partial charge in [-0.3, -0.25) is 9.59 Å². The van der Waals surface area contributed by atoms with Gasteiger partial charge in [0, 0.05) is 24.2 Å². The Morgan fingerprint density at radius 2 is 1.50 bits per heavy atom. The molecule has 4 rings (SSSR count). The van der Waals surface area contributed by atoms with E-state index in [0.29, 0.717) is 11.5 Å². The van der Waals surface area contributed by atoms with Crippen LogP contribution in [-0.2, 0) is 14.3 Å². The van der Waals surface area contributed by atoms with Gasteiger partial charge < -0.3 is 14.4 Å². The van der Waals surface area contributed by atoms with E-state index in [1.807, 2.05) is 48.5 Å². The normalized spacial score (nSPS) is 16.2. The van der Waals surface area contributed by atoms with Gasteiger partial charge in [-0.25, -0.2) is 0 Å². The minimum atomic E-state index is -0.578. The van der Waals surface area contributed by atoms with Crippen molar-refractivity contribution >= 4 is 11.9 Å². The van der Waals surface area contributed by atoms with Gasteiger partial charge in [0.25, 0.3) is 5.91 Å². The first-order valence-corrected chi connectivity index (χ1v) is 9.04. The van der Waals surface area contributed by atoms with Crippen molar-refractivity contribution in [1.82, 2.24) is 4.90 Å². The highest BCUT2D eigenvalue weighted by Crippen LogP contribution is 2.44. The smallest absolute Gasteiger partial charge is 0.318 e. The lowest BCUT2D eigenvalue weighted by Gasteiger charge is -2.28. The number of likely N-dealkylation sites (tertiary alicyclic amines) is 1. The molecule has 0 spiro atoms. The number of amides is 1. The van der Waals surface area contributed by atoms with Gasteiger partial charge in [-0.1, -0.05) is 36.4 Å². The third kappa shape index (κ3) is 3.17. The first kappa shape index (κ1) is 16.6. The number of benzene rings is 2. The third-order valence-corrected chi connectivity index (χ3v) is 4.96. The molecule has 134 valence electrons. The second-order valence-electron chi connectivity index (χ2n) is 6.66. The van der Waals surface area contributed by atoms with E-state index in [0.717, 1.165) is 43.5 Å². The van der Waals surface area contributed by atoms with Crippen LogP contribution in [0.5, 0.6) is 11.5 Å². The second kappa shape index (κ2) is 7.20. The van der Waals surface area contributed by atoms with E-state index in [4.69, 9.17) is 9.47 Å². The Labute approximate surface area is 152 Å². The molecule has 2 aromatic rings. The lowest BCUT2D eigenvalue weighted by Crippen LogP contribution is -2.38. The number of rotatable bonds is 3. The first-order valence-electron chi connectivity index (χ1n) is 9.04. The van der Waals surface area contributed by atoms with Gasteiger partial charge in [-0.05, 0) is 31.4 Å². The summed E-state index contributed by atoms with van der Waals surface area (Å²) in [5, 5.41) is 0. The highest BCUT2D eigenvalue weighted by molar-refractivity contribution is 5.87. The Balaban J connectivity index is 1.53. The quantitative estimate of drug-likeness (QED) is 0.795. The summed E-state index contributed by atoms with van der Waals surface area (Å²) in [6.07, 6.45) is 3.18. The molecule has 1 saturated heterocycles. The summed E-state index contributed by atoms with van der Waals surface area (Å²) in [7, 11) is 0. The lowest BCUT2D eigenvalue weighted by molar-refractivity contribution is -0.153. The van der Waals surface area contributed by atoms with Crippen LogP contribution in [0, 0.1) is 0 Å². The number of carbonyl (C=O) groups excluding carboxylic acids is 2. The summed E-state index contributed by atoms with van der Waals surface area (Å²) in [6, 6.07) is 14.9. The number of para-hydroxylation sites is 2. The average molecular weight is 351 g/mol. The highest BCUT2D eigenvalue weighted by Gasteiger charge is 2.34. The van der Waals surface area contributed by atoms with E-state index < -0.39 is 11.9 Å². The van der Waals surface area contributed by atoms with Gasteiger partial charge >= 0.3 is 5.97 Å². The predicted molar refractivity (Wildman–Crippen MR) is 96.2 cm³/mol. The van der Waals surface area contributed by atoms with Crippen molar-refractivity contribution < 1.29 is 19.1 Å². The van der Waals surface area contributed by atoms with E-state index >= 15 is 0 Å². The van der Waals surface area contributed by atoms with Crippen LogP contribution in [0.1, 0.15) is 36.3 Å². The fourth-order valence-corrected chi connectivity index (χ4v) is 3.61. The fraction of sp³-hybridized carbons (Fsp3) is 0.333. The molecule has 0 unspecified atom stereocenters. The number of piperidine rings is 1. The van der Waals surface area contributed by atoms with Gasteiger partial charge in [0.15, 0.2) is 6.61 Å². The summed E-state index contributed by atoms with van der Waals surface area (Å²) in [5.41, 5.74) is 1.53. The number of hydrogen-bond donors (Lipinski definition) is 0. The van der Waals surface area contributed by atoms with Crippen LogP contribution in [0.15, 0.2) is 48.5 Å². The molecule has 2 aliphatic heterocycles. The molecule has 2 aromatic carbocycles. The number of esters is 1. The van der Waals surface area contributed by atoms with Gasteiger partial charge in [-0.15, -0.1) is 0 Å². The van der Waals surface area contributed by atoms with Crippen LogP contribution >= 0.6 is 0 Å². The molecular formula is C21H21NO4. The maximum Gasteiger partial charge on any atom is 0.318 e. The molecule has 2 heterocycles. The van der Waals surface area contributed by atoms with E-state index in [1.54, 1.807) is 4.90 Å². The average Bonchev–Trinajstić information content (AvgIpc) is 2.70. The summed E-state index contributed by atoms with van der Waals surface area (Å²) >= 11 is 0. The van der Waals surface area contributed by atoms with Crippen molar-refractivity contribution in [1.29, 1.82) is 0 Å². The number of nitrogens with zero attached hydrogens (tertiary/aromatic N) is 1. The number of hydrogen-bond acceptors (Lipinski definition) is 4. The van der Waals surface area contributed by atoms with Crippen LogP contribution in [0.3, 0.4) is 0 Å². The summed E-state index contributed by atoms with van der Waals surface area (Å²) < 4.78 is 11.3. The number of fused-ring (bicyclic) bond motifs is 2. The monoisotopic (exact) mass is 351 g/mol. The molecule has 2 aliphatic rings. The Kier molecular flexibility index (Phi) is 4.61. The van der Waals surface area contributed by atoms with Crippen molar-refractivity contribution in [2.75, 3.05) is 19.7 Å². The van der Waals surface area contributed by atoms with Crippen LogP contribution in [0.4, 0.5) is 0 Å². The minimum Gasteiger partial charge on any atom is -0.457 e. The Hall–Kier alpha value is -2.82. The van der Waals surface area contributed by atoms with Gasteiger partial charge in [0.2, 0.25) is 0 Å². The van der Waals surface area contributed by atoms with Crippen molar-refractivity contribution in [2.45, 2.75) is 25.2 Å². The van der Waals surface area contributed by atoms with Crippen molar-refractivity contribution in [3.05, 3.63) is 59.7 Å². The topological polar surface area (TPSA) is 55.8 Å². The number of ether oxygens (including phenoxy) is 2. The molecule has 0 bridgehead atoms. The van der Waals surface area contributed by atoms with Crippen LogP contribution in [0.25, 0.3) is 0 Å². The zero-order chi connectivity index (χ0) is 17.9. The lowest BCUT2D eigenvalue weighted by atomic mass is 9.88. The van der Waals surface area contributed by atoms with Crippen molar-refractivity contribution in [3.8, 4) is 11.5 Å². The van der Waals surface area contributed by atoms with E-state index in [-0.39, 0.29) is 12.5 Å². The minimum absolute atomic E-state index is 0.119. The standard InChI is InChI=1S/C21H21NO4/c23-19(22-12-6-1-7-13-22)14-25-21(24)20-15-8-2-4-10-17(15)26-18-11-5-3-9-16(18)20/h2-5,8-11,20H,1,6-7,12-14H2. The van der Waals surface area contributed by atoms with Gasteiger partial charge in [-0.2, -0.15) is 0 Å². The Bertz CT molecular complexity index is 781. The zero-order valence-electron chi connectivity index (χ0n) is 14.5.